The summed E-state index contributed by atoms with van der Waals surface area (Å²) in [6, 6.07) is 0. The van der Waals surface area contributed by atoms with Gasteiger partial charge in [-0.2, -0.15) is 0 Å². The zero-order valence-corrected chi connectivity index (χ0v) is 15.1. The van der Waals surface area contributed by atoms with Crippen molar-refractivity contribution in [2.75, 3.05) is 13.1 Å². The minimum atomic E-state index is 0.431. The zero-order chi connectivity index (χ0) is 15.3. The highest BCUT2D eigenvalue weighted by molar-refractivity contribution is 4.89. The Morgan fingerprint density at radius 1 is 1.05 bits per heavy atom. The number of hydrogen-bond donors (Lipinski definition) is 1. The molecule has 1 heterocycles. The van der Waals surface area contributed by atoms with Crippen molar-refractivity contribution in [3.05, 3.63) is 0 Å². The first-order valence-electron chi connectivity index (χ1n) is 8.23. The Bertz CT molecular complexity index is 245. The summed E-state index contributed by atoms with van der Waals surface area (Å²) in [5.74, 6) is 0.805. The molecule has 1 heteroatoms. The quantitative estimate of drug-likeness (QED) is 0.698. The van der Waals surface area contributed by atoms with Crippen LogP contribution in [0.3, 0.4) is 0 Å². The van der Waals surface area contributed by atoms with E-state index in [0.717, 1.165) is 5.92 Å². The monoisotopic (exact) mass is 269 g/mol. The molecule has 1 rings (SSSR count). The molecule has 1 aliphatic heterocycles. The van der Waals surface area contributed by atoms with Crippen LogP contribution < -0.4 is 5.32 Å². The van der Waals surface area contributed by atoms with E-state index < -0.39 is 0 Å². The zero-order valence-electron chi connectivity index (χ0n) is 15.1. The molecule has 1 fully saturated rings. The van der Waals surface area contributed by atoms with Gasteiger partial charge in [-0.25, -0.2) is 0 Å². The molecular weight excluding hydrogens is 230 g/mol. The SMILES string of the molecule is CC.CC(C)(C)CC(C)(C)C1CNCCC(C)(C)C1. The lowest BCUT2D eigenvalue weighted by atomic mass is 9.65. The van der Waals surface area contributed by atoms with Crippen LogP contribution >= 0.6 is 0 Å². The lowest BCUT2D eigenvalue weighted by Crippen LogP contribution is -2.36. The van der Waals surface area contributed by atoms with Crippen molar-refractivity contribution in [2.45, 2.75) is 81.6 Å². The van der Waals surface area contributed by atoms with E-state index in [9.17, 15) is 0 Å². The van der Waals surface area contributed by atoms with E-state index in [-0.39, 0.29) is 0 Å². The lowest BCUT2D eigenvalue weighted by Gasteiger charge is -2.41. The van der Waals surface area contributed by atoms with E-state index >= 15 is 0 Å². The first-order valence-corrected chi connectivity index (χ1v) is 8.23. The second-order valence-electron chi connectivity index (χ2n) is 8.75. The maximum atomic E-state index is 3.64. The van der Waals surface area contributed by atoms with E-state index in [4.69, 9.17) is 0 Å². The van der Waals surface area contributed by atoms with Crippen molar-refractivity contribution in [1.29, 1.82) is 0 Å². The van der Waals surface area contributed by atoms with Crippen LogP contribution in [-0.2, 0) is 0 Å². The highest BCUT2D eigenvalue weighted by Crippen LogP contribution is 2.44. The Kier molecular flexibility index (Phi) is 7.09. The van der Waals surface area contributed by atoms with E-state index in [1.54, 1.807) is 0 Å². The van der Waals surface area contributed by atoms with Gasteiger partial charge < -0.3 is 5.32 Å². The predicted molar refractivity (Wildman–Crippen MR) is 88.6 cm³/mol. The van der Waals surface area contributed by atoms with Gasteiger partial charge in [-0.1, -0.05) is 62.3 Å². The topological polar surface area (TPSA) is 12.0 Å². The van der Waals surface area contributed by atoms with Gasteiger partial charge in [0.2, 0.25) is 0 Å². The van der Waals surface area contributed by atoms with Crippen LogP contribution in [0.15, 0.2) is 0 Å². The molecule has 1 atom stereocenters. The van der Waals surface area contributed by atoms with Crippen molar-refractivity contribution in [3.8, 4) is 0 Å². The minimum Gasteiger partial charge on any atom is -0.316 e. The minimum absolute atomic E-state index is 0.431. The molecule has 0 saturated carbocycles. The van der Waals surface area contributed by atoms with Gasteiger partial charge in [-0.05, 0) is 54.5 Å². The maximum absolute atomic E-state index is 3.64. The van der Waals surface area contributed by atoms with Crippen LogP contribution in [0.1, 0.15) is 81.6 Å². The van der Waals surface area contributed by atoms with Gasteiger partial charge in [-0.3, -0.25) is 0 Å². The fourth-order valence-corrected chi connectivity index (χ4v) is 3.61. The Hall–Kier alpha value is -0.0400. The largest absolute Gasteiger partial charge is 0.316 e. The molecule has 1 unspecified atom stereocenters. The summed E-state index contributed by atoms with van der Waals surface area (Å²) in [6.45, 7) is 23.3. The third-order valence-electron chi connectivity index (χ3n) is 4.26. The van der Waals surface area contributed by atoms with Crippen LogP contribution in [0.25, 0.3) is 0 Å². The van der Waals surface area contributed by atoms with Crippen LogP contribution in [0, 0.1) is 22.2 Å². The Morgan fingerprint density at radius 3 is 2.05 bits per heavy atom. The third-order valence-corrected chi connectivity index (χ3v) is 4.26. The van der Waals surface area contributed by atoms with E-state index in [1.165, 1.54) is 32.4 Å². The first kappa shape index (κ1) is 19.0. The normalized spacial score (nSPS) is 24.2. The molecule has 0 aromatic carbocycles. The Labute approximate surface area is 122 Å². The standard InChI is InChI=1S/C16H33N.C2H6/c1-14(2,3)12-16(6,7)13-10-15(4,5)8-9-17-11-13;1-2/h13,17H,8-12H2,1-7H3;1-2H3. The molecule has 0 bridgehead atoms. The molecule has 1 N–H and O–H groups in total. The molecule has 1 saturated heterocycles. The van der Waals surface area contributed by atoms with Gasteiger partial charge in [0, 0.05) is 0 Å². The molecule has 0 amide bonds. The average molecular weight is 270 g/mol. The van der Waals surface area contributed by atoms with Crippen molar-refractivity contribution < 1.29 is 0 Å². The molecule has 19 heavy (non-hydrogen) atoms. The predicted octanol–water partition coefficient (Wildman–Crippen LogP) is 5.50. The summed E-state index contributed by atoms with van der Waals surface area (Å²) in [4.78, 5) is 0. The molecule has 116 valence electrons. The average Bonchev–Trinajstić information content (AvgIpc) is 2.39. The second-order valence-corrected chi connectivity index (χ2v) is 8.75. The van der Waals surface area contributed by atoms with Crippen molar-refractivity contribution in [3.63, 3.8) is 0 Å². The smallest absolute Gasteiger partial charge is 0.00152 e. The summed E-state index contributed by atoms with van der Waals surface area (Å²) >= 11 is 0. The molecule has 0 spiro atoms. The highest BCUT2D eigenvalue weighted by atomic mass is 14.9. The molecule has 1 aliphatic rings. The van der Waals surface area contributed by atoms with Crippen LogP contribution in [0.5, 0.6) is 0 Å². The van der Waals surface area contributed by atoms with Gasteiger partial charge >= 0.3 is 0 Å². The maximum Gasteiger partial charge on any atom is -0.00152 e. The highest BCUT2D eigenvalue weighted by Gasteiger charge is 2.37. The molecule has 0 aromatic heterocycles. The van der Waals surface area contributed by atoms with Gasteiger partial charge in [0.05, 0.1) is 0 Å². The van der Waals surface area contributed by atoms with Crippen molar-refractivity contribution in [1.82, 2.24) is 5.32 Å². The summed E-state index contributed by atoms with van der Waals surface area (Å²) in [5, 5.41) is 3.64. The summed E-state index contributed by atoms with van der Waals surface area (Å²) in [7, 11) is 0. The third kappa shape index (κ3) is 7.34. The van der Waals surface area contributed by atoms with Gasteiger partial charge in [-0.15, -0.1) is 0 Å². The van der Waals surface area contributed by atoms with Crippen molar-refractivity contribution in [2.24, 2.45) is 22.2 Å². The van der Waals surface area contributed by atoms with Crippen LogP contribution in [0.2, 0.25) is 0 Å². The van der Waals surface area contributed by atoms with E-state index in [0.29, 0.717) is 16.2 Å². The number of hydrogen-bond acceptors (Lipinski definition) is 1. The fourth-order valence-electron chi connectivity index (χ4n) is 3.61. The molecule has 1 nitrogen and oxygen atoms in total. The summed E-state index contributed by atoms with van der Waals surface area (Å²) < 4.78 is 0. The molecular formula is C18H39N. The number of rotatable bonds is 2. The Morgan fingerprint density at radius 2 is 1.58 bits per heavy atom. The van der Waals surface area contributed by atoms with Crippen LogP contribution in [0.4, 0.5) is 0 Å². The summed E-state index contributed by atoms with van der Waals surface area (Å²) in [6.07, 6.45) is 3.99. The lowest BCUT2D eigenvalue weighted by molar-refractivity contribution is 0.0988. The van der Waals surface area contributed by atoms with Crippen LogP contribution in [-0.4, -0.2) is 13.1 Å². The molecule has 0 radical (unpaired) electrons. The van der Waals surface area contributed by atoms with Crippen molar-refractivity contribution >= 4 is 0 Å². The first-order chi connectivity index (χ1) is 8.52. The van der Waals surface area contributed by atoms with Gasteiger partial charge in [0.25, 0.3) is 0 Å². The Balaban J connectivity index is 0.00000154. The molecule has 0 aromatic rings. The second kappa shape index (κ2) is 7.11. The fraction of sp³-hybridized carbons (Fsp3) is 1.00. The number of nitrogens with one attached hydrogen (secondary N) is 1. The van der Waals surface area contributed by atoms with E-state index in [2.05, 4.69) is 53.8 Å². The van der Waals surface area contributed by atoms with Gasteiger partial charge in [0.15, 0.2) is 0 Å². The van der Waals surface area contributed by atoms with Gasteiger partial charge in [0.1, 0.15) is 0 Å². The van der Waals surface area contributed by atoms with E-state index in [1.807, 2.05) is 13.8 Å². The summed E-state index contributed by atoms with van der Waals surface area (Å²) in [5.41, 5.74) is 1.37. The molecule has 0 aliphatic carbocycles.